The summed E-state index contributed by atoms with van der Waals surface area (Å²) in [5.74, 6) is 2.26. The molecule has 0 bridgehead atoms. The van der Waals surface area contributed by atoms with Crippen LogP contribution in [0.25, 0.3) is 0 Å². The van der Waals surface area contributed by atoms with Crippen LogP contribution in [-0.2, 0) is 16.8 Å². The van der Waals surface area contributed by atoms with Crippen LogP contribution in [0.2, 0.25) is 0 Å². The molecule has 0 radical (unpaired) electrons. The molecule has 0 aliphatic heterocycles. The van der Waals surface area contributed by atoms with Crippen molar-refractivity contribution in [1.29, 1.82) is 0 Å². The number of carbonyl (C=O) groups excluding carboxylic acids is 1. The van der Waals surface area contributed by atoms with Gasteiger partial charge in [0.25, 0.3) is 0 Å². The summed E-state index contributed by atoms with van der Waals surface area (Å²) in [6.07, 6.45) is 6.65. The fraction of sp³-hybridized carbons (Fsp3) is 0.611. The highest BCUT2D eigenvalue weighted by Gasteiger charge is 2.26. The summed E-state index contributed by atoms with van der Waals surface area (Å²) in [7, 11) is 0. The van der Waals surface area contributed by atoms with Crippen LogP contribution < -0.4 is 5.32 Å². The molecule has 24 heavy (non-hydrogen) atoms. The van der Waals surface area contributed by atoms with Crippen molar-refractivity contribution in [2.75, 3.05) is 5.32 Å². The van der Waals surface area contributed by atoms with Crippen LogP contribution in [-0.4, -0.2) is 20.7 Å². The molecule has 6 nitrogen and oxygen atoms in total. The van der Waals surface area contributed by atoms with Crippen molar-refractivity contribution in [2.24, 2.45) is 0 Å². The number of amides is 1. The Kier molecular flexibility index (Phi) is 4.47. The molecule has 130 valence electrons. The summed E-state index contributed by atoms with van der Waals surface area (Å²) in [5.41, 5.74) is 0.892. The van der Waals surface area contributed by atoms with Crippen LogP contribution in [0.15, 0.2) is 16.7 Å². The lowest BCUT2D eigenvalue weighted by atomic mass is 10.0. The molecule has 1 aliphatic carbocycles. The number of aryl methyl sites for hydroxylation is 1. The van der Waals surface area contributed by atoms with E-state index in [1.807, 2.05) is 17.7 Å². The quantitative estimate of drug-likeness (QED) is 0.926. The van der Waals surface area contributed by atoms with E-state index in [1.54, 1.807) is 6.20 Å². The minimum absolute atomic E-state index is 0.127. The monoisotopic (exact) mass is 330 g/mol. The van der Waals surface area contributed by atoms with Crippen molar-refractivity contribution < 1.29 is 9.21 Å². The van der Waals surface area contributed by atoms with Crippen molar-refractivity contribution in [2.45, 2.75) is 71.3 Å². The molecule has 1 saturated carbocycles. The van der Waals surface area contributed by atoms with Crippen LogP contribution in [0.4, 0.5) is 5.82 Å². The van der Waals surface area contributed by atoms with E-state index in [4.69, 9.17) is 9.52 Å². The smallest absolute Gasteiger partial charge is 0.234 e. The molecule has 1 fully saturated rings. The highest BCUT2D eigenvalue weighted by molar-refractivity contribution is 5.91. The number of hydrogen-bond acceptors (Lipinski definition) is 4. The van der Waals surface area contributed by atoms with Gasteiger partial charge in [0.1, 0.15) is 18.0 Å². The Labute approximate surface area is 142 Å². The fourth-order valence-corrected chi connectivity index (χ4v) is 3.23. The van der Waals surface area contributed by atoms with Gasteiger partial charge in [-0.1, -0.05) is 12.8 Å². The summed E-state index contributed by atoms with van der Waals surface area (Å²) in [5, 5.41) is 7.77. The van der Waals surface area contributed by atoms with Crippen molar-refractivity contribution in [3.63, 3.8) is 0 Å². The van der Waals surface area contributed by atoms with E-state index in [9.17, 15) is 4.79 Å². The largest absolute Gasteiger partial charge is 0.445 e. The summed E-state index contributed by atoms with van der Waals surface area (Å²) in [6.45, 7) is 8.08. The van der Waals surface area contributed by atoms with Gasteiger partial charge >= 0.3 is 0 Å². The minimum atomic E-state index is -0.195. The van der Waals surface area contributed by atoms with Gasteiger partial charge in [0.15, 0.2) is 0 Å². The van der Waals surface area contributed by atoms with Gasteiger partial charge in [0, 0.05) is 12.0 Å². The predicted octanol–water partition coefficient (Wildman–Crippen LogP) is 3.77. The van der Waals surface area contributed by atoms with E-state index in [0.717, 1.165) is 11.5 Å². The van der Waals surface area contributed by atoms with E-state index in [0.29, 0.717) is 17.6 Å². The van der Waals surface area contributed by atoms with Crippen LogP contribution >= 0.6 is 0 Å². The molecular formula is C18H26N4O2. The molecule has 0 spiro atoms. The van der Waals surface area contributed by atoms with Crippen molar-refractivity contribution in [3.8, 4) is 0 Å². The maximum Gasteiger partial charge on any atom is 0.234 e. The predicted molar refractivity (Wildman–Crippen MR) is 92.0 cm³/mol. The number of anilines is 1. The Hall–Kier alpha value is -2.11. The van der Waals surface area contributed by atoms with E-state index in [-0.39, 0.29) is 17.9 Å². The molecule has 0 aromatic carbocycles. The van der Waals surface area contributed by atoms with Gasteiger partial charge in [-0.2, -0.15) is 5.10 Å². The maximum atomic E-state index is 12.3. The first-order valence-electron chi connectivity index (χ1n) is 8.64. The first-order valence-corrected chi connectivity index (χ1v) is 8.64. The van der Waals surface area contributed by atoms with Gasteiger partial charge in [-0.3, -0.25) is 4.79 Å². The van der Waals surface area contributed by atoms with Crippen molar-refractivity contribution in [1.82, 2.24) is 14.8 Å². The van der Waals surface area contributed by atoms with E-state index >= 15 is 0 Å². The average molecular weight is 330 g/mol. The van der Waals surface area contributed by atoms with Crippen LogP contribution in [0.5, 0.6) is 0 Å². The number of oxazole rings is 1. The second-order valence-electron chi connectivity index (χ2n) is 7.61. The lowest BCUT2D eigenvalue weighted by Gasteiger charge is -2.22. The van der Waals surface area contributed by atoms with Gasteiger partial charge in [0.2, 0.25) is 11.8 Å². The third kappa shape index (κ3) is 3.68. The zero-order valence-corrected chi connectivity index (χ0v) is 14.9. The third-order valence-electron chi connectivity index (χ3n) is 4.39. The summed E-state index contributed by atoms with van der Waals surface area (Å²) in [6, 6.07) is 2.03. The van der Waals surface area contributed by atoms with Gasteiger partial charge in [-0.05, 0) is 40.5 Å². The zero-order valence-electron chi connectivity index (χ0n) is 14.9. The van der Waals surface area contributed by atoms with Crippen molar-refractivity contribution >= 4 is 11.7 Å². The normalized spacial score (nSPS) is 15.8. The fourth-order valence-electron chi connectivity index (χ4n) is 3.23. The van der Waals surface area contributed by atoms with Crippen LogP contribution in [0.3, 0.4) is 0 Å². The molecular weight excluding hydrogens is 304 g/mol. The maximum absolute atomic E-state index is 12.3. The Bertz CT molecular complexity index is 718. The third-order valence-corrected chi connectivity index (χ3v) is 4.39. The first-order chi connectivity index (χ1) is 11.3. The van der Waals surface area contributed by atoms with Gasteiger partial charge in [-0.25, -0.2) is 9.67 Å². The minimum Gasteiger partial charge on any atom is -0.445 e. The molecule has 0 saturated heterocycles. The van der Waals surface area contributed by atoms with E-state index in [2.05, 4.69) is 31.1 Å². The molecule has 2 aromatic rings. The number of carbonyl (C=O) groups is 1. The van der Waals surface area contributed by atoms with Gasteiger partial charge < -0.3 is 9.73 Å². The van der Waals surface area contributed by atoms with E-state index < -0.39 is 0 Å². The Morgan fingerprint density at radius 1 is 1.38 bits per heavy atom. The van der Waals surface area contributed by atoms with Crippen LogP contribution in [0, 0.1) is 6.92 Å². The Morgan fingerprint density at radius 2 is 2.08 bits per heavy atom. The van der Waals surface area contributed by atoms with Gasteiger partial charge in [-0.15, -0.1) is 0 Å². The number of aromatic nitrogens is 3. The summed E-state index contributed by atoms with van der Waals surface area (Å²) in [4.78, 5) is 16.4. The lowest BCUT2D eigenvalue weighted by molar-refractivity contribution is -0.115. The van der Waals surface area contributed by atoms with Crippen molar-refractivity contribution in [3.05, 3.63) is 29.6 Å². The molecule has 2 heterocycles. The topological polar surface area (TPSA) is 73.0 Å². The molecule has 6 heteroatoms. The van der Waals surface area contributed by atoms with Crippen LogP contribution in [0.1, 0.15) is 69.7 Å². The molecule has 3 rings (SSSR count). The molecule has 1 aliphatic rings. The zero-order chi connectivity index (χ0) is 17.3. The number of nitrogens with one attached hydrogen (secondary N) is 1. The molecule has 1 amide bonds. The Balaban J connectivity index is 1.78. The SMILES string of the molecule is Cc1cnc(CC(=O)Nc2cc(C3CCCC3)nn2C(C)(C)C)o1. The highest BCUT2D eigenvalue weighted by atomic mass is 16.4. The second-order valence-corrected chi connectivity index (χ2v) is 7.61. The molecule has 0 atom stereocenters. The lowest BCUT2D eigenvalue weighted by Crippen LogP contribution is -2.27. The number of nitrogens with zero attached hydrogens (tertiary/aromatic N) is 3. The van der Waals surface area contributed by atoms with Gasteiger partial charge in [0.05, 0.1) is 17.4 Å². The standard InChI is InChI=1S/C18H26N4O2/c1-12-11-19-17(24-12)10-16(23)20-15-9-14(13-7-5-6-8-13)21-22(15)18(2,3)4/h9,11,13H,5-8,10H2,1-4H3,(H,20,23). The first kappa shape index (κ1) is 16.7. The molecule has 0 unspecified atom stereocenters. The highest BCUT2D eigenvalue weighted by Crippen LogP contribution is 2.35. The Morgan fingerprint density at radius 3 is 2.67 bits per heavy atom. The van der Waals surface area contributed by atoms with E-state index in [1.165, 1.54) is 25.7 Å². The summed E-state index contributed by atoms with van der Waals surface area (Å²) < 4.78 is 7.30. The number of rotatable bonds is 4. The average Bonchev–Trinajstić information content (AvgIpc) is 3.18. The number of hydrogen-bond donors (Lipinski definition) is 1. The molecule has 2 aromatic heterocycles. The summed E-state index contributed by atoms with van der Waals surface area (Å²) >= 11 is 0. The molecule has 1 N–H and O–H groups in total. The second kappa shape index (κ2) is 6.42.